The van der Waals surface area contributed by atoms with Crippen LogP contribution in [-0.2, 0) is 10.2 Å². The summed E-state index contributed by atoms with van der Waals surface area (Å²) in [6, 6.07) is 13.9. The normalized spacial score (nSPS) is 21.3. The molecule has 160 valence electrons. The summed E-state index contributed by atoms with van der Waals surface area (Å²) in [5, 5.41) is 13.9. The molecule has 1 aromatic carbocycles. The number of likely N-dealkylation sites (tertiary alicyclic amines) is 1. The van der Waals surface area contributed by atoms with E-state index in [9.17, 15) is 10.1 Å². The monoisotopic (exact) mass is 433 g/mol. The Morgan fingerprint density at radius 3 is 2.55 bits per heavy atom. The second-order valence-corrected chi connectivity index (χ2v) is 9.21. The van der Waals surface area contributed by atoms with Gasteiger partial charge in [-0.25, -0.2) is 0 Å². The third kappa shape index (κ3) is 3.93. The van der Waals surface area contributed by atoms with E-state index in [1.807, 2.05) is 55.4 Å². The minimum atomic E-state index is -1.19. The van der Waals surface area contributed by atoms with Gasteiger partial charge in [-0.1, -0.05) is 18.2 Å². The number of hydrogen-bond donors (Lipinski definition) is 1. The predicted molar refractivity (Wildman–Crippen MR) is 125 cm³/mol. The zero-order valence-electron chi connectivity index (χ0n) is 18.0. The Morgan fingerprint density at radius 2 is 1.94 bits per heavy atom. The quantitative estimate of drug-likeness (QED) is 0.723. The van der Waals surface area contributed by atoms with Crippen LogP contribution < -0.4 is 10.2 Å². The van der Waals surface area contributed by atoms with Gasteiger partial charge in [-0.2, -0.15) is 5.26 Å². The minimum Gasteiger partial charge on any atom is -0.378 e. The second kappa shape index (κ2) is 9.13. The average Bonchev–Trinajstić information content (AvgIpc) is 3.40. The van der Waals surface area contributed by atoms with Crippen LogP contribution in [0.15, 0.2) is 59.4 Å². The van der Waals surface area contributed by atoms with Crippen molar-refractivity contribution in [1.29, 1.82) is 5.26 Å². The predicted octanol–water partition coefficient (Wildman–Crippen LogP) is 3.13. The van der Waals surface area contributed by atoms with Crippen molar-refractivity contribution in [3.8, 4) is 6.07 Å². The van der Waals surface area contributed by atoms with Gasteiger partial charge in [0, 0.05) is 44.5 Å². The Kier molecular flexibility index (Phi) is 6.30. The van der Waals surface area contributed by atoms with Crippen LogP contribution >= 0.6 is 11.8 Å². The molecule has 1 fully saturated rings. The van der Waals surface area contributed by atoms with Gasteiger partial charge in [-0.3, -0.25) is 9.78 Å². The maximum absolute atomic E-state index is 13.5. The number of nitrogens with one attached hydrogen (secondary N) is 1. The van der Waals surface area contributed by atoms with Crippen LogP contribution in [0.2, 0.25) is 0 Å². The van der Waals surface area contributed by atoms with E-state index in [1.165, 1.54) is 12.8 Å². The molecular weight excluding hydrogens is 406 g/mol. The van der Waals surface area contributed by atoms with Gasteiger partial charge in [0.2, 0.25) is 5.91 Å². The molecule has 1 aromatic heterocycles. The van der Waals surface area contributed by atoms with Crippen LogP contribution in [0.4, 0.5) is 5.69 Å². The van der Waals surface area contributed by atoms with E-state index in [1.54, 1.807) is 24.2 Å². The van der Waals surface area contributed by atoms with E-state index in [-0.39, 0.29) is 5.91 Å². The highest BCUT2D eigenvalue weighted by molar-refractivity contribution is 8.03. The molecule has 1 amide bonds. The SMILES string of the molecule is CN(C)c1ccc(C2(c3cccnc3)C(=O)NC(SCCN3CCCC3)=C2C#N)cc1. The summed E-state index contributed by atoms with van der Waals surface area (Å²) in [5.74, 6) is 0.641. The van der Waals surface area contributed by atoms with Crippen molar-refractivity contribution in [2.75, 3.05) is 44.4 Å². The fraction of sp³-hybridized carbons (Fsp3) is 0.375. The van der Waals surface area contributed by atoms with E-state index in [4.69, 9.17) is 0 Å². The zero-order chi connectivity index (χ0) is 21.8. The topological polar surface area (TPSA) is 72.3 Å². The highest BCUT2D eigenvalue weighted by atomic mass is 32.2. The van der Waals surface area contributed by atoms with Crippen LogP contribution in [0, 0.1) is 11.3 Å². The first-order valence-electron chi connectivity index (χ1n) is 10.6. The van der Waals surface area contributed by atoms with E-state index < -0.39 is 5.41 Å². The largest absolute Gasteiger partial charge is 0.378 e. The van der Waals surface area contributed by atoms with Gasteiger partial charge in [0.1, 0.15) is 5.41 Å². The summed E-state index contributed by atoms with van der Waals surface area (Å²) in [7, 11) is 3.95. The molecule has 1 unspecified atom stereocenters. The summed E-state index contributed by atoms with van der Waals surface area (Å²) in [6.45, 7) is 3.23. The lowest BCUT2D eigenvalue weighted by atomic mass is 9.70. The summed E-state index contributed by atoms with van der Waals surface area (Å²) in [4.78, 5) is 22.2. The molecule has 0 aliphatic carbocycles. The van der Waals surface area contributed by atoms with Gasteiger partial charge in [0.05, 0.1) is 16.7 Å². The van der Waals surface area contributed by atoms with Gasteiger partial charge in [0.25, 0.3) is 0 Å². The molecule has 0 spiro atoms. The van der Waals surface area contributed by atoms with Crippen molar-refractivity contribution in [1.82, 2.24) is 15.2 Å². The molecular formula is C24H27N5OS. The molecule has 0 radical (unpaired) electrons. The average molecular weight is 434 g/mol. The van der Waals surface area contributed by atoms with Gasteiger partial charge in [-0.15, -0.1) is 11.8 Å². The van der Waals surface area contributed by atoms with Gasteiger partial charge >= 0.3 is 0 Å². The molecule has 2 aliphatic heterocycles. The molecule has 3 heterocycles. The van der Waals surface area contributed by atoms with Crippen molar-refractivity contribution < 1.29 is 4.79 Å². The van der Waals surface area contributed by atoms with Gasteiger partial charge in [-0.05, 0) is 55.3 Å². The number of carbonyl (C=O) groups excluding carboxylic acids is 1. The number of benzene rings is 1. The number of carbonyl (C=O) groups is 1. The van der Waals surface area contributed by atoms with Gasteiger partial charge < -0.3 is 15.1 Å². The van der Waals surface area contributed by atoms with E-state index in [2.05, 4.69) is 21.3 Å². The van der Waals surface area contributed by atoms with Crippen molar-refractivity contribution in [3.05, 3.63) is 70.5 Å². The standard InChI is InChI=1S/C24H27N5OS/c1-28(2)20-9-7-18(8-10-20)24(19-6-5-11-26-17-19)21(16-25)22(27-23(24)30)31-15-14-29-12-3-4-13-29/h5-11,17H,3-4,12-15H2,1-2H3,(H,27,30). The van der Waals surface area contributed by atoms with Crippen molar-refractivity contribution in [2.45, 2.75) is 18.3 Å². The number of nitrogens with zero attached hydrogens (tertiary/aromatic N) is 4. The summed E-state index contributed by atoms with van der Waals surface area (Å²) in [5.41, 5.74) is 1.77. The van der Waals surface area contributed by atoms with Crippen LogP contribution in [0.3, 0.4) is 0 Å². The number of anilines is 1. The molecule has 1 saturated heterocycles. The Balaban J connectivity index is 1.74. The Labute approximate surface area is 187 Å². The molecule has 2 aromatic rings. The lowest BCUT2D eigenvalue weighted by molar-refractivity contribution is -0.122. The Hall–Kier alpha value is -2.82. The highest BCUT2D eigenvalue weighted by Gasteiger charge is 2.52. The molecule has 0 bridgehead atoms. The van der Waals surface area contributed by atoms with Crippen LogP contribution in [0.25, 0.3) is 0 Å². The van der Waals surface area contributed by atoms with Crippen LogP contribution in [-0.4, -0.2) is 55.3 Å². The number of aromatic nitrogens is 1. The number of amides is 1. The molecule has 4 rings (SSSR count). The number of rotatable bonds is 7. The second-order valence-electron chi connectivity index (χ2n) is 8.10. The summed E-state index contributed by atoms with van der Waals surface area (Å²) in [6.07, 6.45) is 5.87. The lowest BCUT2D eigenvalue weighted by Gasteiger charge is -2.28. The number of nitriles is 1. The summed E-state index contributed by atoms with van der Waals surface area (Å²) >= 11 is 1.56. The van der Waals surface area contributed by atoms with Crippen LogP contribution in [0.5, 0.6) is 0 Å². The maximum Gasteiger partial charge on any atom is 0.245 e. The molecule has 0 saturated carbocycles. The third-order valence-electron chi connectivity index (χ3n) is 6.05. The number of pyridine rings is 1. The number of thioether (sulfide) groups is 1. The fourth-order valence-corrected chi connectivity index (χ4v) is 5.44. The molecule has 1 N–H and O–H groups in total. The van der Waals surface area contributed by atoms with E-state index in [0.717, 1.165) is 36.6 Å². The smallest absolute Gasteiger partial charge is 0.245 e. The Bertz CT molecular complexity index is 1010. The lowest BCUT2D eigenvalue weighted by Crippen LogP contribution is -2.39. The van der Waals surface area contributed by atoms with E-state index in [0.29, 0.717) is 16.2 Å². The van der Waals surface area contributed by atoms with Crippen molar-refractivity contribution in [3.63, 3.8) is 0 Å². The van der Waals surface area contributed by atoms with Gasteiger partial charge in [0.15, 0.2) is 0 Å². The van der Waals surface area contributed by atoms with Crippen molar-refractivity contribution in [2.24, 2.45) is 0 Å². The minimum absolute atomic E-state index is 0.196. The first-order chi connectivity index (χ1) is 15.1. The maximum atomic E-state index is 13.5. The molecule has 6 nitrogen and oxygen atoms in total. The molecule has 7 heteroatoms. The molecule has 1 atom stereocenters. The van der Waals surface area contributed by atoms with Crippen LogP contribution in [0.1, 0.15) is 24.0 Å². The first kappa shape index (κ1) is 21.4. The summed E-state index contributed by atoms with van der Waals surface area (Å²) < 4.78 is 0. The molecule has 2 aliphatic rings. The first-order valence-corrected chi connectivity index (χ1v) is 11.6. The fourth-order valence-electron chi connectivity index (χ4n) is 4.38. The van der Waals surface area contributed by atoms with Crippen molar-refractivity contribution >= 4 is 23.4 Å². The number of hydrogen-bond acceptors (Lipinski definition) is 6. The zero-order valence-corrected chi connectivity index (χ0v) is 18.8. The highest BCUT2D eigenvalue weighted by Crippen LogP contribution is 2.46. The Morgan fingerprint density at radius 1 is 1.19 bits per heavy atom. The molecule has 31 heavy (non-hydrogen) atoms. The third-order valence-corrected chi connectivity index (χ3v) is 7.03. The van der Waals surface area contributed by atoms with E-state index >= 15 is 0 Å².